The summed E-state index contributed by atoms with van der Waals surface area (Å²) in [6.45, 7) is 2.01. The summed E-state index contributed by atoms with van der Waals surface area (Å²) in [6.07, 6.45) is 0.790. The van der Waals surface area contributed by atoms with Gasteiger partial charge in [-0.25, -0.2) is 9.59 Å². The number of nitrogens with one attached hydrogen (secondary N) is 1. The number of hydrogen-bond donors (Lipinski definition) is 1. The Labute approximate surface area is 166 Å². The minimum atomic E-state index is -0.603. The zero-order valence-corrected chi connectivity index (χ0v) is 16.3. The van der Waals surface area contributed by atoms with E-state index >= 15 is 0 Å². The van der Waals surface area contributed by atoms with E-state index in [0.29, 0.717) is 23.6 Å². The highest BCUT2D eigenvalue weighted by Crippen LogP contribution is 2.35. The van der Waals surface area contributed by atoms with Gasteiger partial charge in [-0.3, -0.25) is 4.79 Å². The largest absolute Gasteiger partial charge is 0.462 e. The highest BCUT2D eigenvalue weighted by atomic mass is 32.1. The summed E-state index contributed by atoms with van der Waals surface area (Å²) in [6, 6.07) is 11.2. The monoisotopic (exact) mass is 403 g/mol. The second-order valence-corrected chi connectivity index (χ2v) is 7.15. The van der Waals surface area contributed by atoms with Crippen molar-refractivity contribution in [1.29, 1.82) is 0 Å². The molecule has 3 rings (SSSR count). The molecule has 1 N–H and O–H groups in total. The molecule has 0 bridgehead atoms. The molecule has 1 atom stereocenters. The van der Waals surface area contributed by atoms with E-state index in [1.54, 1.807) is 13.0 Å². The second kappa shape index (κ2) is 9.48. The van der Waals surface area contributed by atoms with Gasteiger partial charge in [-0.15, -0.1) is 11.3 Å². The van der Waals surface area contributed by atoms with Crippen LogP contribution in [0.1, 0.15) is 29.4 Å². The quantitative estimate of drug-likeness (QED) is 0.714. The summed E-state index contributed by atoms with van der Waals surface area (Å²) in [5, 5.41) is 2.64. The SMILES string of the molecule is CCOC(=O)c1sc(-c2ccccc2)cc1NC(=O)COC(=O)[C@H]1CCCO1. The zero-order chi connectivity index (χ0) is 19.9. The van der Waals surface area contributed by atoms with E-state index < -0.39 is 30.6 Å². The van der Waals surface area contributed by atoms with Gasteiger partial charge in [0, 0.05) is 11.5 Å². The molecule has 0 radical (unpaired) electrons. The Morgan fingerprint density at radius 1 is 1.21 bits per heavy atom. The van der Waals surface area contributed by atoms with Crippen molar-refractivity contribution in [2.75, 3.05) is 25.1 Å². The van der Waals surface area contributed by atoms with E-state index in [2.05, 4.69) is 5.32 Å². The Morgan fingerprint density at radius 3 is 2.68 bits per heavy atom. The second-order valence-electron chi connectivity index (χ2n) is 6.10. The number of esters is 2. The molecule has 7 nitrogen and oxygen atoms in total. The molecule has 1 saturated heterocycles. The van der Waals surface area contributed by atoms with Crippen LogP contribution in [0.5, 0.6) is 0 Å². The minimum absolute atomic E-state index is 0.226. The smallest absolute Gasteiger partial charge is 0.350 e. The van der Waals surface area contributed by atoms with Gasteiger partial charge >= 0.3 is 11.9 Å². The van der Waals surface area contributed by atoms with Crippen LogP contribution in [-0.2, 0) is 23.8 Å². The van der Waals surface area contributed by atoms with Crippen LogP contribution in [0.3, 0.4) is 0 Å². The Morgan fingerprint density at radius 2 is 2.00 bits per heavy atom. The van der Waals surface area contributed by atoms with Crippen molar-refractivity contribution in [2.45, 2.75) is 25.9 Å². The average Bonchev–Trinajstić information content (AvgIpc) is 3.37. The number of amides is 1. The predicted octanol–water partition coefficient (Wildman–Crippen LogP) is 3.25. The lowest BCUT2D eigenvalue weighted by molar-refractivity contribution is -0.156. The Balaban J connectivity index is 1.70. The average molecular weight is 403 g/mol. The number of benzene rings is 1. The van der Waals surface area contributed by atoms with Crippen molar-refractivity contribution in [3.05, 3.63) is 41.3 Å². The van der Waals surface area contributed by atoms with Crippen LogP contribution < -0.4 is 5.32 Å². The zero-order valence-electron chi connectivity index (χ0n) is 15.4. The Bertz CT molecular complexity index is 842. The number of rotatable bonds is 7. The third-order valence-corrected chi connectivity index (χ3v) is 5.23. The van der Waals surface area contributed by atoms with E-state index in [4.69, 9.17) is 14.2 Å². The maximum Gasteiger partial charge on any atom is 0.350 e. The molecule has 1 amide bonds. The summed E-state index contributed by atoms with van der Waals surface area (Å²) in [5.41, 5.74) is 1.25. The van der Waals surface area contributed by atoms with Crippen LogP contribution in [0.25, 0.3) is 10.4 Å². The van der Waals surface area contributed by atoms with Crippen molar-refractivity contribution in [2.24, 2.45) is 0 Å². The maximum atomic E-state index is 12.3. The van der Waals surface area contributed by atoms with Gasteiger partial charge < -0.3 is 19.5 Å². The fourth-order valence-corrected chi connectivity index (χ4v) is 3.77. The lowest BCUT2D eigenvalue weighted by atomic mass is 10.2. The van der Waals surface area contributed by atoms with Gasteiger partial charge in [-0.05, 0) is 31.4 Å². The topological polar surface area (TPSA) is 90.9 Å². The fourth-order valence-electron chi connectivity index (χ4n) is 2.76. The predicted molar refractivity (Wildman–Crippen MR) is 104 cm³/mol. The first kappa shape index (κ1) is 20.0. The highest BCUT2D eigenvalue weighted by molar-refractivity contribution is 7.18. The van der Waals surface area contributed by atoms with Crippen molar-refractivity contribution in [1.82, 2.24) is 0 Å². The van der Waals surface area contributed by atoms with Gasteiger partial charge in [0.25, 0.3) is 5.91 Å². The van der Waals surface area contributed by atoms with E-state index in [9.17, 15) is 14.4 Å². The van der Waals surface area contributed by atoms with Crippen molar-refractivity contribution >= 4 is 34.9 Å². The molecule has 28 heavy (non-hydrogen) atoms. The van der Waals surface area contributed by atoms with Crippen LogP contribution in [0.2, 0.25) is 0 Å². The van der Waals surface area contributed by atoms with E-state index in [1.165, 1.54) is 11.3 Å². The first-order valence-corrected chi connectivity index (χ1v) is 9.84. The van der Waals surface area contributed by atoms with Gasteiger partial charge in [0.15, 0.2) is 12.7 Å². The number of thiophene rings is 1. The molecule has 1 aromatic heterocycles. The molecule has 148 valence electrons. The third kappa shape index (κ3) is 4.96. The van der Waals surface area contributed by atoms with Gasteiger partial charge in [-0.1, -0.05) is 30.3 Å². The maximum absolute atomic E-state index is 12.3. The number of carbonyl (C=O) groups is 3. The summed E-state index contributed by atoms with van der Waals surface area (Å²) in [7, 11) is 0. The van der Waals surface area contributed by atoms with E-state index in [0.717, 1.165) is 16.9 Å². The summed E-state index contributed by atoms with van der Waals surface area (Å²) in [5.74, 6) is -1.59. The summed E-state index contributed by atoms with van der Waals surface area (Å²) >= 11 is 1.23. The van der Waals surface area contributed by atoms with Crippen molar-refractivity contribution in [3.63, 3.8) is 0 Å². The summed E-state index contributed by atoms with van der Waals surface area (Å²) < 4.78 is 15.3. The van der Waals surface area contributed by atoms with Crippen molar-refractivity contribution < 1.29 is 28.6 Å². The molecule has 0 spiro atoms. The van der Waals surface area contributed by atoms with Crippen LogP contribution >= 0.6 is 11.3 Å². The Kier molecular flexibility index (Phi) is 6.78. The molecular weight excluding hydrogens is 382 g/mol. The standard InChI is InChI=1S/C20H21NO6S/c1-2-25-20(24)18-14(11-16(28-18)13-7-4-3-5-8-13)21-17(22)12-27-19(23)15-9-6-10-26-15/h3-5,7-8,11,15H,2,6,9-10,12H2,1H3,(H,21,22)/t15-/m1/s1. The van der Waals surface area contributed by atoms with Crippen LogP contribution in [-0.4, -0.2) is 43.8 Å². The van der Waals surface area contributed by atoms with Gasteiger partial charge in [-0.2, -0.15) is 0 Å². The first-order valence-electron chi connectivity index (χ1n) is 9.03. The molecule has 8 heteroatoms. The fraction of sp³-hybridized carbons (Fsp3) is 0.350. The van der Waals surface area contributed by atoms with Crippen LogP contribution in [0.4, 0.5) is 5.69 Å². The lowest BCUT2D eigenvalue weighted by Crippen LogP contribution is -2.27. The van der Waals surface area contributed by atoms with Gasteiger partial charge in [0.2, 0.25) is 0 Å². The Hall–Kier alpha value is -2.71. The molecule has 0 aliphatic carbocycles. The van der Waals surface area contributed by atoms with Gasteiger partial charge in [0.1, 0.15) is 4.88 Å². The molecular formula is C20H21NO6S. The number of hydrogen-bond acceptors (Lipinski definition) is 7. The number of ether oxygens (including phenoxy) is 3. The summed E-state index contributed by atoms with van der Waals surface area (Å²) in [4.78, 5) is 37.5. The first-order chi connectivity index (χ1) is 13.6. The van der Waals surface area contributed by atoms with Gasteiger partial charge in [0.05, 0.1) is 12.3 Å². The molecule has 1 aliphatic rings. The molecule has 2 aromatic rings. The highest BCUT2D eigenvalue weighted by Gasteiger charge is 2.26. The van der Waals surface area contributed by atoms with E-state index in [-0.39, 0.29) is 6.61 Å². The minimum Gasteiger partial charge on any atom is -0.462 e. The lowest BCUT2D eigenvalue weighted by Gasteiger charge is -2.10. The molecule has 0 saturated carbocycles. The number of anilines is 1. The number of carbonyl (C=O) groups excluding carboxylic acids is 3. The molecule has 1 fully saturated rings. The van der Waals surface area contributed by atoms with Crippen molar-refractivity contribution in [3.8, 4) is 10.4 Å². The van der Waals surface area contributed by atoms with Crippen LogP contribution in [0.15, 0.2) is 36.4 Å². The molecule has 0 unspecified atom stereocenters. The molecule has 1 aliphatic heterocycles. The van der Waals surface area contributed by atoms with Crippen LogP contribution in [0, 0.1) is 0 Å². The molecule has 1 aromatic carbocycles. The molecule has 2 heterocycles. The normalized spacial score (nSPS) is 15.8. The third-order valence-electron chi connectivity index (χ3n) is 4.06. The van der Waals surface area contributed by atoms with E-state index in [1.807, 2.05) is 30.3 Å².